The van der Waals surface area contributed by atoms with Crippen LogP contribution in [-0.2, 0) is 4.79 Å². The van der Waals surface area contributed by atoms with Crippen LogP contribution in [0.1, 0.15) is 0 Å². The molecule has 0 unspecified atom stereocenters. The second-order valence-corrected chi connectivity index (χ2v) is 4.57. The zero-order chi connectivity index (χ0) is 16.1. The highest BCUT2D eigenvalue weighted by Crippen LogP contribution is 2.27. The van der Waals surface area contributed by atoms with E-state index in [9.17, 15) is 9.59 Å². The molecule has 0 saturated carbocycles. The fraction of sp³-hybridized carbons (Fsp3) is 0.0667. The number of anilines is 4. The molecule has 114 valence electrons. The zero-order valence-electron chi connectivity index (χ0n) is 11.7. The zero-order valence-corrected chi connectivity index (χ0v) is 11.7. The van der Waals surface area contributed by atoms with Gasteiger partial charge in [-0.1, -0.05) is 0 Å². The number of rotatable bonds is 4. The summed E-state index contributed by atoms with van der Waals surface area (Å²) in [6.45, 7) is -0.473. The van der Waals surface area contributed by atoms with E-state index in [-0.39, 0.29) is 0 Å². The van der Waals surface area contributed by atoms with Gasteiger partial charge in [-0.25, -0.2) is 4.79 Å². The molecule has 0 spiro atoms. The van der Waals surface area contributed by atoms with E-state index in [1.165, 1.54) is 4.90 Å². The molecule has 0 aliphatic rings. The highest BCUT2D eigenvalue weighted by Gasteiger charge is 2.18. The van der Waals surface area contributed by atoms with Crippen LogP contribution in [0.3, 0.4) is 0 Å². The van der Waals surface area contributed by atoms with Gasteiger partial charge in [0.05, 0.1) is 11.4 Å². The maximum Gasteiger partial charge on any atom is 0.326 e. The summed E-state index contributed by atoms with van der Waals surface area (Å²) >= 11 is 0. The molecular formula is C15H16N4O3. The number of nitrogens with zero attached hydrogens (tertiary/aromatic N) is 1. The Morgan fingerprint density at radius 2 is 1.32 bits per heavy atom. The molecular weight excluding hydrogens is 284 g/mol. The lowest BCUT2D eigenvalue weighted by atomic mass is 10.2. The molecule has 0 fully saturated rings. The molecule has 0 aliphatic heterocycles. The van der Waals surface area contributed by atoms with E-state index in [1.54, 1.807) is 48.5 Å². The normalized spacial score (nSPS) is 10.0. The molecule has 6 N–H and O–H groups in total. The maximum absolute atomic E-state index is 12.3. The molecule has 2 aromatic carbocycles. The van der Waals surface area contributed by atoms with Crippen molar-refractivity contribution in [2.75, 3.05) is 22.9 Å². The standard InChI is InChI=1S/C15H16N4O3/c16-10-1-5-12(6-2-10)19(15(22)18-9-14(20)21)13-7-3-11(17)4-8-13/h1-8H,9,16-17H2,(H,18,22)(H,20,21). The summed E-state index contributed by atoms with van der Waals surface area (Å²) in [6.07, 6.45) is 0. The fourth-order valence-corrected chi connectivity index (χ4v) is 1.86. The van der Waals surface area contributed by atoms with Crippen molar-refractivity contribution in [1.82, 2.24) is 5.32 Å². The minimum absolute atomic E-state index is 0.473. The number of hydrogen-bond acceptors (Lipinski definition) is 4. The summed E-state index contributed by atoms with van der Waals surface area (Å²) in [5.74, 6) is -1.12. The van der Waals surface area contributed by atoms with Gasteiger partial charge >= 0.3 is 12.0 Å². The highest BCUT2D eigenvalue weighted by atomic mass is 16.4. The molecule has 2 amide bonds. The van der Waals surface area contributed by atoms with Crippen molar-refractivity contribution in [3.05, 3.63) is 48.5 Å². The molecule has 2 rings (SSSR count). The van der Waals surface area contributed by atoms with Gasteiger partial charge in [0.2, 0.25) is 0 Å². The first kappa shape index (κ1) is 15.2. The minimum Gasteiger partial charge on any atom is -0.480 e. The predicted molar refractivity (Wildman–Crippen MR) is 84.9 cm³/mol. The molecule has 0 saturated heterocycles. The highest BCUT2D eigenvalue weighted by molar-refractivity contribution is 6.00. The van der Waals surface area contributed by atoms with Gasteiger partial charge < -0.3 is 21.9 Å². The van der Waals surface area contributed by atoms with Crippen molar-refractivity contribution in [3.8, 4) is 0 Å². The maximum atomic E-state index is 12.3. The van der Waals surface area contributed by atoms with Crippen molar-refractivity contribution in [1.29, 1.82) is 0 Å². The second-order valence-electron chi connectivity index (χ2n) is 4.57. The molecule has 0 radical (unpaired) electrons. The number of nitrogen functional groups attached to an aromatic ring is 2. The van der Waals surface area contributed by atoms with E-state index < -0.39 is 18.5 Å². The Bertz CT molecular complexity index is 623. The Labute approximate surface area is 127 Å². The number of carbonyl (C=O) groups excluding carboxylic acids is 1. The van der Waals surface area contributed by atoms with Crippen molar-refractivity contribution in [3.63, 3.8) is 0 Å². The third kappa shape index (κ3) is 3.66. The van der Waals surface area contributed by atoms with E-state index in [2.05, 4.69) is 5.32 Å². The average Bonchev–Trinajstić information content (AvgIpc) is 2.49. The SMILES string of the molecule is Nc1ccc(N(C(=O)NCC(=O)O)c2ccc(N)cc2)cc1. The first-order chi connectivity index (χ1) is 10.5. The van der Waals surface area contributed by atoms with Crippen LogP contribution >= 0.6 is 0 Å². The Balaban J connectivity index is 2.35. The number of carbonyl (C=O) groups is 2. The number of urea groups is 1. The lowest BCUT2D eigenvalue weighted by molar-refractivity contribution is -0.135. The van der Waals surface area contributed by atoms with E-state index in [0.29, 0.717) is 22.7 Å². The van der Waals surface area contributed by atoms with E-state index in [0.717, 1.165) is 0 Å². The van der Waals surface area contributed by atoms with Crippen LogP contribution in [0, 0.1) is 0 Å². The molecule has 0 bridgehead atoms. The number of aliphatic carboxylic acids is 1. The van der Waals surface area contributed by atoms with Gasteiger partial charge in [0.25, 0.3) is 0 Å². The van der Waals surface area contributed by atoms with E-state index in [1.807, 2.05) is 0 Å². The Morgan fingerprint density at radius 1 is 0.909 bits per heavy atom. The Morgan fingerprint density at radius 3 is 1.68 bits per heavy atom. The summed E-state index contributed by atoms with van der Waals surface area (Å²) in [4.78, 5) is 24.3. The average molecular weight is 300 g/mol. The summed E-state index contributed by atoms with van der Waals surface area (Å²) < 4.78 is 0. The van der Waals surface area contributed by atoms with Crippen molar-refractivity contribution in [2.24, 2.45) is 0 Å². The van der Waals surface area contributed by atoms with Gasteiger partial charge in [-0.15, -0.1) is 0 Å². The first-order valence-corrected chi connectivity index (χ1v) is 6.48. The summed E-state index contributed by atoms with van der Waals surface area (Å²) in [5.41, 5.74) is 13.5. The molecule has 7 heteroatoms. The first-order valence-electron chi connectivity index (χ1n) is 6.48. The van der Waals surface area contributed by atoms with Gasteiger partial charge in [0.15, 0.2) is 0 Å². The number of carboxylic acid groups (broad SMARTS) is 1. The number of carboxylic acids is 1. The molecule has 0 aromatic heterocycles. The quantitative estimate of drug-likeness (QED) is 0.641. The fourth-order valence-electron chi connectivity index (χ4n) is 1.86. The largest absolute Gasteiger partial charge is 0.480 e. The van der Waals surface area contributed by atoms with Crippen LogP contribution in [0.5, 0.6) is 0 Å². The van der Waals surface area contributed by atoms with Crippen molar-refractivity contribution in [2.45, 2.75) is 0 Å². The lowest BCUT2D eigenvalue weighted by Crippen LogP contribution is -2.39. The van der Waals surface area contributed by atoms with Crippen LogP contribution in [0.4, 0.5) is 27.5 Å². The van der Waals surface area contributed by atoms with E-state index >= 15 is 0 Å². The van der Waals surface area contributed by atoms with Gasteiger partial charge in [0.1, 0.15) is 6.54 Å². The van der Waals surface area contributed by atoms with E-state index in [4.69, 9.17) is 16.6 Å². The number of hydrogen-bond donors (Lipinski definition) is 4. The smallest absolute Gasteiger partial charge is 0.326 e. The molecule has 7 nitrogen and oxygen atoms in total. The van der Waals surface area contributed by atoms with Crippen molar-refractivity contribution >= 4 is 34.7 Å². The van der Waals surface area contributed by atoms with Crippen molar-refractivity contribution < 1.29 is 14.7 Å². The molecule has 0 aliphatic carbocycles. The molecule has 2 aromatic rings. The van der Waals surface area contributed by atoms with Crippen LogP contribution in [0.15, 0.2) is 48.5 Å². The van der Waals surface area contributed by atoms with Crippen LogP contribution in [0.2, 0.25) is 0 Å². The van der Waals surface area contributed by atoms with Gasteiger partial charge in [-0.2, -0.15) is 0 Å². The van der Waals surface area contributed by atoms with Gasteiger partial charge in [-0.05, 0) is 48.5 Å². The molecule has 22 heavy (non-hydrogen) atoms. The van der Waals surface area contributed by atoms with Crippen LogP contribution in [0.25, 0.3) is 0 Å². The number of amides is 2. The predicted octanol–water partition coefficient (Wildman–Crippen LogP) is 1.78. The summed E-state index contributed by atoms with van der Waals surface area (Å²) in [6, 6.07) is 12.8. The summed E-state index contributed by atoms with van der Waals surface area (Å²) in [7, 11) is 0. The topological polar surface area (TPSA) is 122 Å². The third-order valence-electron chi connectivity index (χ3n) is 2.90. The summed E-state index contributed by atoms with van der Waals surface area (Å²) in [5, 5.41) is 11.0. The van der Waals surface area contributed by atoms with Gasteiger partial charge in [0, 0.05) is 11.4 Å². The monoisotopic (exact) mass is 300 g/mol. The van der Waals surface area contributed by atoms with Gasteiger partial charge in [-0.3, -0.25) is 9.69 Å². The Kier molecular flexibility index (Phi) is 4.47. The molecule has 0 heterocycles. The number of benzene rings is 2. The van der Waals surface area contributed by atoms with Crippen LogP contribution < -0.4 is 21.7 Å². The van der Waals surface area contributed by atoms with Crippen LogP contribution in [-0.4, -0.2) is 23.7 Å². The third-order valence-corrected chi connectivity index (χ3v) is 2.90. The minimum atomic E-state index is -1.12. The number of nitrogens with two attached hydrogens (primary N) is 2. The Hall–Kier alpha value is -3.22. The molecule has 0 atom stereocenters. The number of nitrogens with one attached hydrogen (secondary N) is 1. The second kappa shape index (κ2) is 6.49. The lowest BCUT2D eigenvalue weighted by Gasteiger charge is -2.23.